The molecule has 0 bridgehead atoms. The van der Waals surface area contributed by atoms with E-state index in [0.29, 0.717) is 24.4 Å². The molecule has 3 N–H and O–H groups in total. The number of nitrogens with two attached hydrogens (primary N) is 1. The van der Waals surface area contributed by atoms with Gasteiger partial charge in [0.1, 0.15) is 0 Å². The summed E-state index contributed by atoms with van der Waals surface area (Å²) in [6.07, 6.45) is 1.14. The summed E-state index contributed by atoms with van der Waals surface area (Å²) in [6, 6.07) is 5.65. The number of carbonyl (C=O) groups is 1. The summed E-state index contributed by atoms with van der Waals surface area (Å²) in [5.74, 6) is 0.00119. The second kappa shape index (κ2) is 8.75. The number of rotatable bonds is 5. The highest BCUT2D eigenvalue weighted by Crippen LogP contribution is 2.21. The first kappa shape index (κ1) is 17.7. The van der Waals surface area contributed by atoms with Gasteiger partial charge in [-0.25, -0.2) is 0 Å². The van der Waals surface area contributed by atoms with Crippen molar-refractivity contribution in [2.24, 2.45) is 5.73 Å². The lowest BCUT2D eigenvalue weighted by atomic mass is 10.2. The van der Waals surface area contributed by atoms with E-state index in [-0.39, 0.29) is 24.4 Å². The molecule has 18 heavy (non-hydrogen) atoms. The number of hydrogen-bond acceptors (Lipinski definition) is 2. The molecule has 0 aromatic heterocycles. The van der Waals surface area contributed by atoms with E-state index >= 15 is 0 Å². The van der Waals surface area contributed by atoms with Crippen molar-refractivity contribution in [2.45, 2.75) is 32.4 Å². The van der Waals surface area contributed by atoms with Crippen LogP contribution in [0.5, 0.6) is 0 Å². The molecule has 1 amide bonds. The average molecular weight is 356 g/mol. The van der Waals surface area contributed by atoms with Gasteiger partial charge in [-0.3, -0.25) is 4.79 Å². The maximum Gasteiger partial charge on any atom is 0.220 e. The second-order valence-electron chi connectivity index (χ2n) is 4.03. The fourth-order valence-corrected chi connectivity index (χ4v) is 2.05. The maximum absolute atomic E-state index is 11.5. The third kappa shape index (κ3) is 6.59. The zero-order valence-corrected chi connectivity index (χ0v) is 13.2. The van der Waals surface area contributed by atoms with Gasteiger partial charge < -0.3 is 11.1 Å². The Hall–Kier alpha value is -0.290. The van der Waals surface area contributed by atoms with Crippen LogP contribution in [0.2, 0.25) is 5.02 Å². The van der Waals surface area contributed by atoms with Gasteiger partial charge in [-0.2, -0.15) is 0 Å². The van der Waals surface area contributed by atoms with Crippen LogP contribution in [0.4, 0.5) is 0 Å². The third-order valence-electron chi connectivity index (χ3n) is 2.32. The van der Waals surface area contributed by atoms with E-state index in [1.165, 1.54) is 0 Å². The second-order valence-corrected chi connectivity index (χ2v) is 5.35. The average Bonchev–Trinajstić information content (AvgIpc) is 2.25. The molecule has 0 aliphatic rings. The fourth-order valence-electron chi connectivity index (χ4n) is 1.31. The Balaban J connectivity index is 0.00000289. The Labute approximate surface area is 127 Å². The topological polar surface area (TPSA) is 55.1 Å². The number of nitrogens with one attached hydrogen (secondary N) is 1. The summed E-state index contributed by atoms with van der Waals surface area (Å²) in [5.41, 5.74) is 6.49. The maximum atomic E-state index is 11.5. The summed E-state index contributed by atoms with van der Waals surface area (Å²) < 4.78 is 0.925. The minimum atomic E-state index is 0. The molecule has 1 atom stereocenters. The molecular formula is C12H17BrCl2N2O. The molecule has 6 heteroatoms. The van der Waals surface area contributed by atoms with Crippen LogP contribution in [0, 0.1) is 0 Å². The molecule has 1 rings (SSSR count). The van der Waals surface area contributed by atoms with Crippen LogP contribution in [0.1, 0.15) is 25.3 Å². The van der Waals surface area contributed by atoms with Crippen LogP contribution in [-0.4, -0.2) is 11.9 Å². The Morgan fingerprint density at radius 3 is 2.78 bits per heavy atom. The number of benzene rings is 1. The molecule has 0 saturated carbocycles. The molecule has 0 saturated heterocycles. The number of amides is 1. The van der Waals surface area contributed by atoms with Gasteiger partial charge in [0.25, 0.3) is 0 Å². The van der Waals surface area contributed by atoms with Gasteiger partial charge in [-0.05, 0) is 31.0 Å². The van der Waals surface area contributed by atoms with Crippen molar-refractivity contribution in [3.8, 4) is 0 Å². The monoisotopic (exact) mass is 354 g/mol. The van der Waals surface area contributed by atoms with Crippen LogP contribution in [0.3, 0.4) is 0 Å². The molecule has 0 radical (unpaired) electrons. The van der Waals surface area contributed by atoms with E-state index in [0.717, 1.165) is 10.0 Å². The fraction of sp³-hybridized carbons (Fsp3) is 0.417. The first-order valence-corrected chi connectivity index (χ1v) is 6.62. The van der Waals surface area contributed by atoms with Crippen molar-refractivity contribution in [3.63, 3.8) is 0 Å². The lowest BCUT2D eigenvalue weighted by Crippen LogP contribution is -2.25. The van der Waals surface area contributed by atoms with Crippen molar-refractivity contribution in [1.82, 2.24) is 5.32 Å². The molecular weight excluding hydrogens is 339 g/mol. The summed E-state index contributed by atoms with van der Waals surface area (Å²) in [4.78, 5) is 11.5. The molecule has 0 fully saturated rings. The number of halogens is 3. The summed E-state index contributed by atoms with van der Waals surface area (Å²) in [6.45, 7) is 2.34. The number of hydrogen-bond donors (Lipinski definition) is 2. The Morgan fingerprint density at radius 1 is 1.56 bits per heavy atom. The third-order valence-corrected chi connectivity index (χ3v) is 3.16. The van der Waals surface area contributed by atoms with Crippen molar-refractivity contribution in [2.75, 3.05) is 0 Å². The molecule has 102 valence electrons. The minimum absolute atomic E-state index is 0. The molecule has 1 unspecified atom stereocenters. The predicted octanol–water partition coefficient (Wildman–Crippen LogP) is 3.27. The smallest absolute Gasteiger partial charge is 0.220 e. The van der Waals surface area contributed by atoms with Gasteiger partial charge in [0.05, 0.1) is 0 Å². The summed E-state index contributed by atoms with van der Waals surface area (Å²) in [5, 5.41) is 3.47. The molecule has 1 aromatic carbocycles. The largest absolute Gasteiger partial charge is 0.352 e. The predicted molar refractivity (Wildman–Crippen MR) is 81.1 cm³/mol. The Bertz CT molecular complexity index is 400. The van der Waals surface area contributed by atoms with Crippen LogP contribution in [0.15, 0.2) is 22.7 Å². The van der Waals surface area contributed by atoms with E-state index in [1.54, 1.807) is 0 Å². The van der Waals surface area contributed by atoms with Crippen molar-refractivity contribution in [3.05, 3.63) is 33.3 Å². The molecule has 1 aromatic rings. The van der Waals surface area contributed by atoms with Gasteiger partial charge in [-0.15, -0.1) is 12.4 Å². The highest BCUT2D eigenvalue weighted by Gasteiger charge is 2.05. The van der Waals surface area contributed by atoms with Crippen molar-refractivity contribution in [1.29, 1.82) is 0 Å². The van der Waals surface area contributed by atoms with E-state index in [9.17, 15) is 4.79 Å². The Morgan fingerprint density at radius 2 is 2.22 bits per heavy atom. The zero-order valence-electron chi connectivity index (χ0n) is 10.1. The highest BCUT2D eigenvalue weighted by atomic mass is 79.9. The summed E-state index contributed by atoms with van der Waals surface area (Å²) >= 11 is 9.37. The lowest BCUT2D eigenvalue weighted by molar-refractivity contribution is -0.121. The van der Waals surface area contributed by atoms with Crippen molar-refractivity contribution >= 4 is 45.8 Å². The van der Waals surface area contributed by atoms with Gasteiger partial charge in [0, 0.05) is 28.5 Å². The molecule has 0 heterocycles. The van der Waals surface area contributed by atoms with Crippen LogP contribution in [0.25, 0.3) is 0 Å². The van der Waals surface area contributed by atoms with Gasteiger partial charge >= 0.3 is 0 Å². The zero-order chi connectivity index (χ0) is 12.8. The van der Waals surface area contributed by atoms with Gasteiger partial charge in [0.2, 0.25) is 5.91 Å². The minimum Gasteiger partial charge on any atom is -0.352 e. The highest BCUT2D eigenvalue weighted by molar-refractivity contribution is 9.10. The van der Waals surface area contributed by atoms with Gasteiger partial charge in [0.15, 0.2) is 0 Å². The van der Waals surface area contributed by atoms with E-state index in [4.69, 9.17) is 17.3 Å². The SMILES string of the molecule is CC(N)CCC(=O)NCc1ccc(Br)cc1Cl.Cl. The number of carbonyl (C=O) groups excluding carboxylic acids is 1. The van der Waals surface area contributed by atoms with Crippen molar-refractivity contribution < 1.29 is 4.79 Å². The molecule has 0 aliphatic heterocycles. The van der Waals surface area contributed by atoms with E-state index < -0.39 is 0 Å². The van der Waals surface area contributed by atoms with Crippen LogP contribution in [-0.2, 0) is 11.3 Å². The van der Waals surface area contributed by atoms with Crippen LogP contribution < -0.4 is 11.1 Å². The first-order chi connectivity index (χ1) is 7.99. The summed E-state index contributed by atoms with van der Waals surface area (Å²) in [7, 11) is 0. The molecule has 0 spiro atoms. The standard InChI is InChI=1S/C12H16BrClN2O.ClH/c1-8(15)2-5-12(17)16-7-9-3-4-10(13)6-11(9)14;/h3-4,6,8H,2,5,7,15H2,1H3,(H,16,17);1H. The quantitative estimate of drug-likeness (QED) is 0.851. The van der Waals surface area contributed by atoms with E-state index in [2.05, 4.69) is 21.2 Å². The Kier molecular flexibility index (Phi) is 8.61. The lowest BCUT2D eigenvalue weighted by Gasteiger charge is -2.08. The molecule has 3 nitrogen and oxygen atoms in total. The van der Waals surface area contributed by atoms with E-state index in [1.807, 2.05) is 25.1 Å². The normalized spacial score (nSPS) is 11.6. The van der Waals surface area contributed by atoms with Crippen LogP contribution >= 0.6 is 39.9 Å². The molecule has 0 aliphatic carbocycles. The first-order valence-electron chi connectivity index (χ1n) is 5.45. The van der Waals surface area contributed by atoms with Gasteiger partial charge in [-0.1, -0.05) is 33.6 Å².